The summed E-state index contributed by atoms with van der Waals surface area (Å²) in [6, 6.07) is 11.2. The molecule has 2 aromatic rings. The van der Waals surface area contributed by atoms with Crippen LogP contribution in [-0.4, -0.2) is 67.7 Å². The molecule has 208 valence electrons. The average molecular weight is 540 g/mol. The third-order valence-electron chi connectivity index (χ3n) is 7.72. The Balaban J connectivity index is 1.20. The summed E-state index contributed by atoms with van der Waals surface area (Å²) in [6.45, 7) is 1.47. The van der Waals surface area contributed by atoms with Crippen LogP contribution in [-0.2, 0) is 25.6 Å². The maximum Gasteiger partial charge on any atom is 0.257 e. The Hall–Kier alpha value is -3.50. The van der Waals surface area contributed by atoms with Gasteiger partial charge in [-0.1, -0.05) is 18.2 Å². The number of hydrogen-bond donors (Lipinski definition) is 2. The zero-order chi connectivity index (χ0) is 27.4. The number of halogens is 1. The first-order chi connectivity index (χ1) is 18.9. The van der Waals surface area contributed by atoms with Crippen molar-refractivity contribution < 1.29 is 33.0 Å². The van der Waals surface area contributed by atoms with E-state index in [4.69, 9.17) is 14.2 Å². The molecule has 0 aliphatic carbocycles. The monoisotopic (exact) mass is 539 g/mol. The summed E-state index contributed by atoms with van der Waals surface area (Å²) in [6.07, 6.45) is 2.01. The molecule has 0 unspecified atom stereocenters. The lowest BCUT2D eigenvalue weighted by atomic mass is 9.94. The quantitative estimate of drug-likeness (QED) is 0.584. The topological polar surface area (TPSA) is 106 Å². The molecule has 2 fully saturated rings. The molecule has 0 saturated carbocycles. The van der Waals surface area contributed by atoms with Crippen LogP contribution in [0.4, 0.5) is 10.1 Å². The molecule has 3 aliphatic rings. The highest BCUT2D eigenvalue weighted by Crippen LogP contribution is 2.33. The summed E-state index contributed by atoms with van der Waals surface area (Å²) >= 11 is 0. The summed E-state index contributed by atoms with van der Waals surface area (Å²) in [4.78, 5) is 40.3. The standard InChI is InChI=1S/C29H34FN3O6/c1-33-24-8-7-21(15-27(34)31-16-19-4-2-3-5-23(19)30)39-26(24)17-38-25-9-6-20(14-22(25)29(33)36)32-28(35)18-10-12-37-13-11-18/h2-6,9,14,18,21,24,26H,7-8,10-13,15-17H2,1H3,(H,31,34)(H,32,35)/t21-,24-,26-/m0/s1. The number of nitrogens with zero attached hydrogens (tertiary/aromatic N) is 1. The van der Waals surface area contributed by atoms with E-state index in [0.717, 1.165) is 0 Å². The molecule has 2 N–H and O–H groups in total. The van der Waals surface area contributed by atoms with Gasteiger partial charge in [0.05, 0.1) is 24.1 Å². The van der Waals surface area contributed by atoms with E-state index in [1.54, 1.807) is 48.3 Å². The first kappa shape index (κ1) is 27.1. The van der Waals surface area contributed by atoms with Crippen LogP contribution in [0.2, 0.25) is 0 Å². The van der Waals surface area contributed by atoms with Crippen molar-refractivity contribution in [2.45, 2.75) is 56.9 Å². The Bertz CT molecular complexity index is 1220. The van der Waals surface area contributed by atoms with E-state index in [0.29, 0.717) is 61.5 Å². The fraction of sp³-hybridized carbons (Fsp3) is 0.483. The van der Waals surface area contributed by atoms with Gasteiger partial charge in [-0.25, -0.2) is 4.39 Å². The Morgan fingerprint density at radius 1 is 1.08 bits per heavy atom. The van der Waals surface area contributed by atoms with Gasteiger partial charge in [-0.2, -0.15) is 0 Å². The van der Waals surface area contributed by atoms with Gasteiger partial charge in [0, 0.05) is 44.0 Å². The number of carbonyl (C=O) groups excluding carboxylic acids is 3. The molecule has 2 saturated heterocycles. The van der Waals surface area contributed by atoms with E-state index in [2.05, 4.69) is 10.6 Å². The van der Waals surface area contributed by atoms with Crippen LogP contribution in [0, 0.1) is 11.7 Å². The third-order valence-corrected chi connectivity index (χ3v) is 7.72. The average Bonchev–Trinajstić information content (AvgIpc) is 2.95. The van der Waals surface area contributed by atoms with Crippen molar-refractivity contribution in [3.05, 3.63) is 59.4 Å². The molecule has 0 aromatic heterocycles. The van der Waals surface area contributed by atoms with Crippen molar-refractivity contribution in [1.29, 1.82) is 0 Å². The molecular formula is C29H34FN3O6. The van der Waals surface area contributed by atoms with Gasteiger partial charge in [-0.3, -0.25) is 14.4 Å². The number of fused-ring (bicyclic) bond motifs is 2. The summed E-state index contributed by atoms with van der Waals surface area (Å²) in [7, 11) is 1.74. The van der Waals surface area contributed by atoms with Crippen LogP contribution in [0.1, 0.15) is 48.0 Å². The number of ether oxygens (including phenoxy) is 3. The molecule has 0 spiro atoms. The highest BCUT2D eigenvalue weighted by molar-refractivity contribution is 6.00. The first-order valence-corrected chi connectivity index (χ1v) is 13.5. The number of hydrogen-bond acceptors (Lipinski definition) is 6. The molecule has 9 nitrogen and oxygen atoms in total. The number of benzene rings is 2. The van der Waals surface area contributed by atoms with Gasteiger partial charge < -0.3 is 29.7 Å². The van der Waals surface area contributed by atoms with Crippen LogP contribution >= 0.6 is 0 Å². The molecular weight excluding hydrogens is 505 g/mol. The lowest BCUT2D eigenvalue weighted by Crippen LogP contribution is -2.53. The first-order valence-electron chi connectivity index (χ1n) is 13.5. The van der Waals surface area contributed by atoms with E-state index in [9.17, 15) is 18.8 Å². The van der Waals surface area contributed by atoms with Crippen LogP contribution in [0.25, 0.3) is 0 Å². The van der Waals surface area contributed by atoms with Gasteiger partial charge in [0.1, 0.15) is 24.3 Å². The number of amides is 3. The van der Waals surface area contributed by atoms with Gasteiger partial charge in [0.15, 0.2) is 0 Å². The molecule has 5 rings (SSSR count). The largest absolute Gasteiger partial charge is 0.490 e. The maximum absolute atomic E-state index is 13.8. The van der Waals surface area contributed by atoms with Gasteiger partial charge in [-0.05, 0) is 49.9 Å². The molecule has 10 heteroatoms. The number of likely N-dealkylation sites (N-methyl/N-ethyl adjacent to an activating group) is 1. The molecule has 3 heterocycles. The van der Waals surface area contributed by atoms with Crippen molar-refractivity contribution in [3.63, 3.8) is 0 Å². The lowest BCUT2D eigenvalue weighted by Gasteiger charge is -2.42. The summed E-state index contributed by atoms with van der Waals surface area (Å²) in [5.41, 5.74) is 1.36. The highest BCUT2D eigenvalue weighted by Gasteiger charge is 2.39. The van der Waals surface area contributed by atoms with Crippen molar-refractivity contribution in [3.8, 4) is 5.75 Å². The Morgan fingerprint density at radius 2 is 1.87 bits per heavy atom. The van der Waals surface area contributed by atoms with Crippen molar-refractivity contribution in [2.24, 2.45) is 5.92 Å². The summed E-state index contributed by atoms with van der Waals surface area (Å²) < 4.78 is 31.4. The zero-order valence-corrected chi connectivity index (χ0v) is 22.0. The molecule has 39 heavy (non-hydrogen) atoms. The number of rotatable bonds is 6. The molecule has 0 radical (unpaired) electrons. The molecule has 3 amide bonds. The van der Waals surface area contributed by atoms with Crippen LogP contribution in [0.15, 0.2) is 42.5 Å². The fourth-order valence-electron chi connectivity index (χ4n) is 5.42. The molecule has 3 aliphatic heterocycles. The van der Waals surface area contributed by atoms with Crippen LogP contribution in [0.3, 0.4) is 0 Å². The zero-order valence-electron chi connectivity index (χ0n) is 22.0. The summed E-state index contributed by atoms with van der Waals surface area (Å²) in [5, 5.41) is 5.69. The third kappa shape index (κ3) is 6.39. The number of carbonyl (C=O) groups is 3. The second-order valence-electron chi connectivity index (χ2n) is 10.3. The van der Waals surface area contributed by atoms with E-state index in [1.807, 2.05) is 0 Å². The van der Waals surface area contributed by atoms with Gasteiger partial charge >= 0.3 is 0 Å². The van der Waals surface area contributed by atoms with Crippen molar-refractivity contribution >= 4 is 23.4 Å². The van der Waals surface area contributed by atoms with E-state index < -0.39 is 6.10 Å². The Labute approximate surface area is 227 Å². The normalized spacial score (nSPS) is 23.5. The number of nitrogens with one attached hydrogen (secondary N) is 2. The predicted molar refractivity (Wildman–Crippen MR) is 141 cm³/mol. The van der Waals surface area contributed by atoms with E-state index >= 15 is 0 Å². The SMILES string of the molecule is CN1C(=O)c2cc(NC(=O)C3CCOCC3)ccc2OC[C@@H]2O[C@H](CC(=O)NCc3ccccc3F)CC[C@@H]21. The highest BCUT2D eigenvalue weighted by atomic mass is 19.1. The lowest BCUT2D eigenvalue weighted by molar-refractivity contribution is -0.134. The van der Waals surface area contributed by atoms with Gasteiger partial charge in [0.2, 0.25) is 11.8 Å². The predicted octanol–water partition coefficient (Wildman–Crippen LogP) is 3.28. The van der Waals surface area contributed by atoms with Gasteiger partial charge in [0.25, 0.3) is 5.91 Å². The van der Waals surface area contributed by atoms with Gasteiger partial charge in [-0.15, -0.1) is 0 Å². The van der Waals surface area contributed by atoms with Crippen LogP contribution in [0.5, 0.6) is 5.75 Å². The van der Waals surface area contributed by atoms with E-state index in [1.165, 1.54) is 6.07 Å². The smallest absolute Gasteiger partial charge is 0.257 e. The fourth-order valence-corrected chi connectivity index (χ4v) is 5.42. The molecule has 0 bridgehead atoms. The second kappa shape index (κ2) is 12.1. The molecule has 2 aromatic carbocycles. The van der Waals surface area contributed by atoms with Crippen molar-refractivity contribution in [2.75, 3.05) is 32.2 Å². The second-order valence-corrected chi connectivity index (χ2v) is 10.3. The minimum absolute atomic E-state index is 0.0736. The number of anilines is 1. The Morgan fingerprint density at radius 3 is 2.67 bits per heavy atom. The van der Waals surface area contributed by atoms with Crippen molar-refractivity contribution in [1.82, 2.24) is 10.2 Å². The maximum atomic E-state index is 13.8. The summed E-state index contributed by atoms with van der Waals surface area (Å²) in [5.74, 6) is -0.559. The van der Waals surface area contributed by atoms with Crippen LogP contribution < -0.4 is 15.4 Å². The van der Waals surface area contributed by atoms with E-state index in [-0.39, 0.29) is 61.2 Å². The molecule has 3 atom stereocenters. The minimum atomic E-state index is -0.405. The minimum Gasteiger partial charge on any atom is -0.490 e. The Kier molecular flexibility index (Phi) is 8.42.